The minimum absolute atomic E-state index is 0.190. The molecule has 58 valence electrons. The first-order valence-electron chi connectivity index (χ1n) is 3.82. The van der Waals surface area contributed by atoms with Crippen LogP contribution in [0.15, 0.2) is 0 Å². The van der Waals surface area contributed by atoms with Gasteiger partial charge in [0.15, 0.2) is 0 Å². The lowest BCUT2D eigenvalue weighted by molar-refractivity contribution is 0.0709. The maximum atomic E-state index is 12.8. The van der Waals surface area contributed by atoms with Crippen molar-refractivity contribution in [2.45, 2.75) is 18.7 Å². The second-order valence-corrected chi connectivity index (χ2v) is 3.32. The van der Waals surface area contributed by atoms with Crippen LogP contribution in [0.3, 0.4) is 0 Å². The Morgan fingerprint density at radius 3 is 2.90 bits per heavy atom. The van der Waals surface area contributed by atoms with E-state index in [1.165, 1.54) is 0 Å². The van der Waals surface area contributed by atoms with E-state index in [9.17, 15) is 9.50 Å². The highest BCUT2D eigenvalue weighted by Gasteiger charge is 2.44. The molecule has 2 rings (SSSR count). The topological polar surface area (TPSA) is 32.3 Å². The van der Waals surface area contributed by atoms with E-state index in [0.717, 1.165) is 13.1 Å². The molecule has 1 aliphatic carbocycles. The van der Waals surface area contributed by atoms with Crippen molar-refractivity contribution in [3.8, 4) is 0 Å². The van der Waals surface area contributed by atoms with Crippen LogP contribution in [0.25, 0.3) is 0 Å². The molecule has 10 heavy (non-hydrogen) atoms. The minimum atomic E-state index is -0.961. The molecule has 0 aromatic rings. The second-order valence-electron chi connectivity index (χ2n) is 3.32. The molecule has 1 saturated carbocycles. The number of aliphatic hydroxyl groups is 1. The molecule has 0 aromatic heterocycles. The quantitative estimate of drug-likeness (QED) is 0.500. The summed E-state index contributed by atoms with van der Waals surface area (Å²) < 4.78 is 12.8. The number of aliphatic hydroxyl groups excluding tert-OH is 1. The van der Waals surface area contributed by atoms with E-state index in [4.69, 9.17) is 0 Å². The van der Waals surface area contributed by atoms with Crippen LogP contribution in [-0.2, 0) is 0 Å². The Balaban J connectivity index is 2.09. The monoisotopic (exact) mass is 145 g/mol. The van der Waals surface area contributed by atoms with Crippen molar-refractivity contribution in [1.29, 1.82) is 0 Å². The maximum Gasteiger partial charge on any atom is 0.127 e. The lowest BCUT2D eigenvalue weighted by Crippen LogP contribution is -2.26. The molecule has 0 aromatic carbocycles. The standard InChI is InChI=1S/C7H12FNO/c8-6-1-4-2-9-3-5(4)7(6)10/h4-7,9-10H,1-3H2/t4-,5+,6-,7?/m0/s1. The molecule has 2 aliphatic rings. The van der Waals surface area contributed by atoms with Crippen molar-refractivity contribution in [1.82, 2.24) is 5.32 Å². The molecule has 2 N–H and O–H groups in total. The Kier molecular flexibility index (Phi) is 1.42. The Labute approximate surface area is 59.4 Å². The number of nitrogens with one attached hydrogen (secondary N) is 1. The van der Waals surface area contributed by atoms with Crippen molar-refractivity contribution in [2.24, 2.45) is 11.8 Å². The van der Waals surface area contributed by atoms with Crippen molar-refractivity contribution < 1.29 is 9.50 Å². The third-order valence-electron chi connectivity index (χ3n) is 2.73. The normalized spacial score (nSPS) is 53.4. The Bertz CT molecular complexity index is 140. The smallest absolute Gasteiger partial charge is 0.127 e. The first kappa shape index (κ1) is 6.55. The first-order chi connectivity index (χ1) is 4.79. The molecule has 0 radical (unpaired) electrons. The van der Waals surface area contributed by atoms with Crippen LogP contribution in [0.2, 0.25) is 0 Å². The third kappa shape index (κ3) is 0.772. The van der Waals surface area contributed by atoms with Gasteiger partial charge in [0.25, 0.3) is 0 Å². The molecule has 1 aliphatic heterocycles. The molecule has 1 heterocycles. The van der Waals surface area contributed by atoms with Crippen LogP contribution in [-0.4, -0.2) is 30.5 Å². The van der Waals surface area contributed by atoms with Crippen molar-refractivity contribution in [3.05, 3.63) is 0 Å². The molecule has 4 atom stereocenters. The fourth-order valence-corrected chi connectivity index (χ4v) is 2.11. The SMILES string of the molecule is OC1[C@@H](F)C[C@H]2CNC[C@@H]12. The maximum absolute atomic E-state index is 12.8. The van der Waals surface area contributed by atoms with Gasteiger partial charge in [-0.2, -0.15) is 0 Å². The molecule has 3 heteroatoms. The molecule has 2 fully saturated rings. The summed E-state index contributed by atoms with van der Waals surface area (Å²) in [6, 6.07) is 0. The van der Waals surface area contributed by atoms with Crippen LogP contribution >= 0.6 is 0 Å². The Morgan fingerprint density at radius 1 is 1.40 bits per heavy atom. The van der Waals surface area contributed by atoms with Crippen molar-refractivity contribution in [3.63, 3.8) is 0 Å². The Hall–Kier alpha value is -0.150. The minimum Gasteiger partial charge on any atom is -0.390 e. The van der Waals surface area contributed by atoms with E-state index in [2.05, 4.69) is 5.32 Å². The average Bonchev–Trinajstić information content (AvgIpc) is 2.41. The van der Waals surface area contributed by atoms with Gasteiger partial charge in [0.2, 0.25) is 0 Å². The summed E-state index contributed by atoms with van der Waals surface area (Å²) in [5.41, 5.74) is 0. The van der Waals surface area contributed by atoms with E-state index in [1.807, 2.05) is 0 Å². The van der Waals surface area contributed by atoms with Crippen LogP contribution in [0, 0.1) is 11.8 Å². The zero-order valence-electron chi connectivity index (χ0n) is 5.76. The van der Waals surface area contributed by atoms with Gasteiger partial charge in [-0.1, -0.05) is 0 Å². The predicted octanol–water partition coefficient (Wildman–Crippen LogP) is -0.0753. The van der Waals surface area contributed by atoms with Gasteiger partial charge in [0, 0.05) is 12.5 Å². The molecule has 0 amide bonds. The number of halogens is 1. The van der Waals surface area contributed by atoms with Gasteiger partial charge < -0.3 is 10.4 Å². The van der Waals surface area contributed by atoms with E-state index in [0.29, 0.717) is 12.3 Å². The summed E-state index contributed by atoms with van der Waals surface area (Å²) in [5.74, 6) is 0.583. The lowest BCUT2D eigenvalue weighted by atomic mass is 10.00. The van der Waals surface area contributed by atoms with E-state index in [1.54, 1.807) is 0 Å². The highest BCUT2D eigenvalue weighted by molar-refractivity contribution is 4.96. The van der Waals surface area contributed by atoms with Crippen LogP contribution in [0.5, 0.6) is 0 Å². The zero-order chi connectivity index (χ0) is 7.14. The number of hydrogen-bond donors (Lipinski definition) is 2. The molecular formula is C7H12FNO. The molecule has 1 unspecified atom stereocenters. The summed E-state index contributed by atoms with van der Waals surface area (Å²) in [5, 5.41) is 12.4. The van der Waals surface area contributed by atoms with Gasteiger partial charge in [-0.05, 0) is 18.9 Å². The van der Waals surface area contributed by atoms with Crippen molar-refractivity contribution in [2.75, 3.05) is 13.1 Å². The van der Waals surface area contributed by atoms with Gasteiger partial charge >= 0.3 is 0 Å². The molecule has 2 nitrogen and oxygen atoms in total. The van der Waals surface area contributed by atoms with Crippen LogP contribution in [0.1, 0.15) is 6.42 Å². The van der Waals surface area contributed by atoms with E-state index >= 15 is 0 Å². The van der Waals surface area contributed by atoms with Gasteiger partial charge in [0.1, 0.15) is 6.17 Å². The fraction of sp³-hybridized carbons (Fsp3) is 1.00. The third-order valence-corrected chi connectivity index (χ3v) is 2.73. The van der Waals surface area contributed by atoms with Gasteiger partial charge in [-0.15, -0.1) is 0 Å². The number of rotatable bonds is 0. The molecule has 0 spiro atoms. The number of fused-ring (bicyclic) bond motifs is 1. The summed E-state index contributed by atoms with van der Waals surface area (Å²) in [6.45, 7) is 1.69. The number of alkyl halides is 1. The molecule has 0 bridgehead atoms. The Morgan fingerprint density at radius 2 is 2.20 bits per heavy atom. The average molecular weight is 145 g/mol. The summed E-state index contributed by atoms with van der Waals surface area (Å²) in [4.78, 5) is 0. The van der Waals surface area contributed by atoms with E-state index < -0.39 is 12.3 Å². The summed E-state index contributed by atoms with van der Waals surface area (Å²) in [6.07, 6.45) is -1.10. The van der Waals surface area contributed by atoms with Crippen LogP contribution < -0.4 is 5.32 Å². The molecular weight excluding hydrogens is 133 g/mol. The first-order valence-corrected chi connectivity index (χ1v) is 3.82. The summed E-state index contributed by atoms with van der Waals surface area (Å²) in [7, 11) is 0. The van der Waals surface area contributed by atoms with Crippen LogP contribution in [0.4, 0.5) is 4.39 Å². The fourth-order valence-electron chi connectivity index (χ4n) is 2.11. The zero-order valence-corrected chi connectivity index (χ0v) is 5.76. The summed E-state index contributed by atoms with van der Waals surface area (Å²) >= 11 is 0. The van der Waals surface area contributed by atoms with E-state index in [-0.39, 0.29) is 5.92 Å². The highest BCUT2D eigenvalue weighted by Crippen LogP contribution is 2.36. The van der Waals surface area contributed by atoms with Gasteiger partial charge in [0.05, 0.1) is 6.10 Å². The predicted molar refractivity (Wildman–Crippen MR) is 35.4 cm³/mol. The highest BCUT2D eigenvalue weighted by atomic mass is 19.1. The van der Waals surface area contributed by atoms with Gasteiger partial charge in [-0.25, -0.2) is 4.39 Å². The second kappa shape index (κ2) is 2.17. The lowest BCUT2D eigenvalue weighted by Gasteiger charge is -2.11. The largest absolute Gasteiger partial charge is 0.390 e. The molecule has 1 saturated heterocycles. The number of hydrogen-bond acceptors (Lipinski definition) is 2. The van der Waals surface area contributed by atoms with Gasteiger partial charge in [-0.3, -0.25) is 0 Å². The van der Waals surface area contributed by atoms with Crippen molar-refractivity contribution >= 4 is 0 Å².